The molecule has 0 aromatic carbocycles. The second-order valence-corrected chi connectivity index (χ2v) is 3.73. The van der Waals surface area contributed by atoms with Gasteiger partial charge in [0.1, 0.15) is 0 Å². The normalized spacial score (nSPS) is 28.8. The summed E-state index contributed by atoms with van der Waals surface area (Å²) in [5.41, 5.74) is 0. The highest BCUT2D eigenvalue weighted by Crippen LogP contribution is 2.15. The molecule has 2 aliphatic heterocycles. The SMILES string of the molecule is O=C1CCON1CCC1CCNC1. The van der Waals surface area contributed by atoms with Gasteiger partial charge in [-0.25, -0.2) is 5.06 Å². The standard InChI is InChI=1S/C9H16N2O2/c12-9-3-6-13-11(9)5-2-8-1-4-10-7-8/h8,10H,1-7H2. The van der Waals surface area contributed by atoms with Crippen LogP contribution in [0.3, 0.4) is 0 Å². The summed E-state index contributed by atoms with van der Waals surface area (Å²) in [6.07, 6.45) is 2.86. The molecule has 0 aliphatic carbocycles. The summed E-state index contributed by atoms with van der Waals surface area (Å²) in [7, 11) is 0. The highest BCUT2D eigenvalue weighted by atomic mass is 16.7. The van der Waals surface area contributed by atoms with Crippen LogP contribution in [0.15, 0.2) is 0 Å². The van der Waals surface area contributed by atoms with Gasteiger partial charge in [-0.05, 0) is 31.8 Å². The number of hydrogen-bond acceptors (Lipinski definition) is 3. The molecule has 0 aromatic rings. The predicted octanol–water partition coefficient (Wildman–Crippen LogP) is 0.150. The fraction of sp³-hybridized carbons (Fsp3) is 0.889. The molecule has 2 rings (SSSR count). The maximum Gasteiger partial charge on any atom is 0.248 e. The Balaban J connectivity index is 1.69. The van der Waals surface area contributed by atoms with Crippen LogP contribution >= 0.6 is 0 Å². The lowest BCUT2D eigenvalue weighted by Gasteiger charge is -2.15. The van der Waals surface area contributed by atoms with Crippen molar-refractivity contribution in [3.05, 3.63) is 0 Å². The number of rotatable bonds is 3. The van der Waals surface area contributed by atoms with E-state index >= 15 is 0 Å². The Hall–Kier alpha value is -0.610. The lowest BCUT2D eigenvalue weighted by molar-refractivity contribution is -0.162. The van der Waals surface area contributed by atoms with Crippen molar-refractivity contribution in [1.82, 2.24) is 10.4 Å². The number of hydroxylamine groups is 2. The van der Waals surface area contributed by atoms with E-state index in [0.717, 1.165) is 32.0 Å². The third kappa shape index (κ3) is 2.19. The average molecular weight is 184 g/mol. The second-order valence-electron chi connectivity index (χ2n) is 3.73. The van der Waals surface area contributed by atoms with Gasteiger partial charge in [-0.3, -0.25) is 9.63 Å². The minimum absolute atomic E-state index is 0.144. The van der Waals surface area contributed by atoms with Gasteiger partial charge in [0.05, 0.1) is 13.0 Å². The van der Waals surface area contributed by atoms with E-state index in [1.165, 1.54) is 11.5 Å². The van der Waals surface area contributed by atoms with Crippen molar-refractivity contribution in [2.24, 2.45) is 5.92 Å². The van der Waals surface area contributed by atoms with Gasteiger partial charge in [0.25, 0.3) is 0 Å². The number of carbonyl (C=O) groups excluding carboxylic acids is 1. The smallest absolute Gasteiger partial charge is 0.248 e. The molecule has 0 bridgehead atoms. The third-order valence-corrected chi connectivity index (χ3v) is 2.74. The van der Waals surface area contributed by atoms with Crippen LogP contribution in [0.25, 0.3) is 0 Å². The monoisotopic (exact) mass is 184 g/mol. The summed E-state index contributed by atoms with van der Waals surface area (Å²) < 4.78 is 0. The van der Waals surface area contributed by atoms with Crippen molar-refractivity contribution >= 4 is 5.91 Å². The lowest BCUT2D eigenvalue weighted by atomic mass is 10.1. The first-order valence-electron chi connectivity index (χ1n) is 5.00. The zero-order chi connectivity index (χ0) is 9.10. The summed E-state index contributed by atoms with van der Waals surface area (Å²) in [5.74, 6) is 0.878. The summed E-state index contributed by atoms with van der Waals surface area (Å²) in [6, 6.07) is 0. The topological polar surface area (TPSA) is 41.6 Å². The Bertz CT molecular complexity index is 190. The van der Waals surface area contributed by atoms with Crippen molar-refractivity contribution in [1.29, 1.82) is 0 Å². The summed E-state index contributed by atoms with van der Waals surface area (Å²) in [6.45, 7) is 3.56. The zero-order valence-electron chi connectivity index (χ0n) is 7.79. The van der Waals surface area contributed by atoms with Crippen LogP contribution in [0, 0.1) is 5.92 Å². The molecule has 74 valence electrons. The van der Waals surface area contributed by atoms with E-state index < -0.39 is 0 Å². The molecule has 2 aliphatic rings. The molecule has 13 heavy (non-hydrogen) atoms. The van der Waals surface area contributed by atoms with Crippen molar-refractivity contribution in [2.45, 2.75) is 19.3 Å². The molecule has 4 nitrogen and oxygen atoms in total. The van der Waals surface area contributed by atoms with Crippen molar-refractivity contribution in [3.63, 3.8) is 0 Å². The van der Waals surface area contributed by atoms with E-state index in [9.17, 15) is 4.79 Å². The molecule has 2 heterocycles. The molecule has 0 aromatic heterocycles. The van der Waals surface area contributed by atoms with Crippen molar-refractivity contribution in [2.75, 3.05) is 26.2 Å². The Morgan fingerprint density at radius 3 is 3.15 bits per heavy atom. The Kier molecular flexibility index (Phi) is 2.80. The zero-order valence-corrected chi connectivity index (χ0v) is 7.79. The summed E-state index contributed by atoms with van der Waals surface area (Å²) >= 11 is 0. The molecule has 2 fully saturated rings. The van der Waals surface area contributed by atoms with Gasteiger partial charge in [-0.2, -0.15) is 0 Å². The molecule has 1 atom stereocenters. The highest BCUT2D eigenvalue weighted by molar-refractivity contribution is 5.76. The van der Waals surface area contributed by atoms with Crippen LogP contribution < -0.4 is 5.32 Å². The van der Waals surface area contributed by atoms with Crippen LogP contribution in [0.4, 0.5) is 0 Å². The first-order chi connectivity index (χ1) is 6.36. The van der Waals surface area contributed by atoms with Gasteiger partial charge in [0.15, 0.2) is 0 Å². The lowest BCUT2D eigenvalue weighted by Crippen LogP contribution is -2.26. The molecule has 0 saturated carbocycles. The Labute approximate surface area is 78.2 Å². The van der Waals surface area contributed by atoms with Gasteiger partial charge in [-0.15, -0.1) is 0 Å². The van der Waals surface area contributed by atoms with Crippen LogP contribution in [-0.2, 0) is 9.63 Å². The number of hydrogen-bond donors (Lipinski definition) is 1. The Morgan fingerprint density at radius 1 is 1.62 bits per heavy atom. The van der Waals surface area contributed by atoms with Crippen LogP contribution in [0.1, 0.15) is 19.3 Å². The first kappa shape index (κ1) is 8.97. The van der Waals surface area contributed by atoms with E-state index in [1.807, 2.05) is 0 Å². The maximum absolute atomic E-state index is 11.2. The van der Waals surface area contributed by atoms with E-state index in [4.69, 9.17) is 4.84 Å². The number of nitrogens with zero attached hydrogens (tertiary/aromatic N) is 1. The summed E-state index contributed by atoms with van der Waals surface area (Å²) in [5, 5.41) is 4.84. The molecule has 1 amide bonds. The average Bonchev–Trinajstić information content (AvgIpc) is 2.72. The van der Waals surface area contributed by atoms with E-state index in [0.29, 0.717) is 13.0 Å². The minimum Gasteiger partial charge on any atom is -0.316 e. The molecule has 1 unspecified atom stereocenters. The van der Waals surface area contributed by atoms with Gasteiger partial charge < -0.3 is 5.32 Å². The molecule has 1 N–H and O–H groups in total. The van der Waals surface area contributed by atoms with Gasteiger partial charge in [0.2, 0.25) is 5.91 Å². The molecular formula is C9H16N2O2. The number of amides is 1. The van der Waals surface area contributed by atoms with Crippen molar-refractivity contribution in [3.8, 4) is 0 Å². The molecule has 0 spiro atoms. The van der Waals surface area contributed by atoms with E-state index in [1.54, 1.807) is 0 Å². The number of nitrogens with one attached hydrogen (secondary N) is 1. The van der Waals surface area contributed by atoms with Crippen LogP contribution in [0.2, 0.25) is 0 Å². The quantitative estimate of drug-likeness (QED) is 0.679. The fourth-order valence-corrected chi connectivity index (χ4v) is 1.89. The highest BCUT2D eigenvalue weighted by Gasteiger charge is 2.23. The summed E-state index contributed by atoms with van der Waals surface area (Å²) in [4.78, 5) is 16.4. The maximum atomic E-state index is 11.2. The largest absolute Gasteiger partial charge is 0.316 e. The molecule has 4 heteroatoms. The van der Waals surface area contributed by atoms with Crippen LogP contribution in [-0.4, -0.2) is 37.2 Å². The molecule has 2 saturated heterocycles. The fourth-order valence-electron chi connectivity index (χ4n) is 1.89. The predicted molar refractivity (Wildman–Crippen MR) is 47.9 cm³/mol. The second kappa shape index (κ2) is 4.07. The number of carbonyl (C=O) groups is 1. The molecular weight excluding hydrogens is 168 g/mol. The van der Waals surface area contributed by atoms with Gasteiger partial charge in [-0.1, -0.05) is 0 Å². The van der Waals surface area contributed by atoms with Gasteiger partial charge in [0, 0.05) is 6.54 Å². The van der Waals surface area contributed by atoms with Crippen molar-refractivity contribution < 1.29 is 9.63 Å². The minimum atomic E-state index is 0.144. The van der Waals surface area contributed by atoms with E-state index in [-0.39, 0.29) is 5.91 Å². The van der Waals surface area contributed by atoms with Crippen LogP contribution in [0.5, 0.6) is 0 Å². The van der Waals surface area contributed by atoms with Gasteiger partial charge >= 0.3 is 0 Å². The first-order valence-corrected chi connectivity index (χ1v) is 5.00. The Morgan fingerprint density at radius 2 is 2.54 bits per heavy atom. The third-order valence-electron chi connectivity index (χ3n) is 2.74. The molecule has 0 radical (unpaired) electrons. The van der Waals surface area contributed by atoms with E-state index in [2.05, 4.69) is 5.32 Å².